The van der Waals surface area contributed by atoms with Crippen LogP contribution in [0.4, 0.5) is 0 Å². The SMILES string of the molecule is CCC(CO)NC(=O)CC(C)NC(=O)c1ccccc1. The molecule has 0 aromatic heterocycles. The highest BCUT2D eigenvalue weighted by Crippen LogP contribution is 2.01. The third-order valence-electron chi connectivity index (χ3n) is 2.98. The number of benzene rings is 1. The maximum Gasteiger partial charge on any atom is 0.251 e. The zero-order chi connectivity index (χ0) is 15.0. The second kappa shape index (κ2) is 8.32. The molecule has 20 heavy (non-hydrogen) atoms. The van der Waals surface area contributed by atoms with Gasteiger partial charge in [-0.25, -0.2) is 0 Å². The number of carbonyl (C=O) groups excluding carboxylic acids is 2. The molecule has 2 amide bonds. The Morgan fingerprint density at radius 1 is 1.20 bits per heavy atom. The third-order valence-corrected chi connectivity index (χ3v) is 2.98. The van der Waals surface area contributed by atoms with Crippen LogP contribution < -0.4 is 10.6 Å². The monoisotopic (exact) mass is 278 g/mol. The fourth-order valence-corrected chi connectivity index (χ4v) is 1.79. The molecule has 3 N–H and O–H groups in total. The van der Waals surface area contributed by atoms with Gasteiger partial charge in [0.15, 0.2) is 0 Å². The predicted molar refractivity (Wildman–Crippen MR) is 77.3 cm³/mol. The first-order chi connectivity index (χ1) is 9.56. The van der Waals surface area contributed by atoms with E-state index in [1.807, 2.05) is 13.0 Å². The van der Waals surface area contributed by atoms with Crippen molar-refractivity contribution in [2.45, 2.75) is 38.8 Å². The van der Waals surface area contributed by atoms with E-state index in [1.54, 1.807) is 31.2 Å². The fourth-order valence-electron chi connectivity index (χ4n) is 1.79. The lowest BCUT2D eigenvalue weighted by Gasteiger charge is -2.17. The molecular formula is C15H22N2O3. The number of aliphatic hydroxyl groups is 1. The number of rotatable bonds is 7. The van der Waals surface area contributed by atoms with E-state index in [0.29, 0.717) is 12.0 Å². The summed E-state index contributed by atoms with van der Waals surface area (Å²) in [6.07, 6.45) is 0.863. The zero-order valence-electron chi connectivity index (χ0n) is 11.9. The molecular weight excluding hydrogens is 256 g/mol. The second-order valence-electron chi connectivity index (χ2n) is 4.80. The molecule has 110 valence electrons. The largest absolute Gasteiger partial charge is 0.394 e. The Morgan fingerprint density at radius 3 is 2.40 bits per heavy atom. The summed E-state index contributed by atoms with van der Waals surface area (Å²) < 4.78 is 0. The molecule has 0 heterocycles. The van der Waals surface area contributed by atoms with Gasteiger partial charge in [0, 0.05) is 18.0 Å². The smallest absolute Gasteiger partial charge is 0.251 e. The van der Waals surface area contributed by atoms with Gasteiger partial charge in [-0.1, -0.05) is 25.1 Å². The highest BCUT2D eigenvalue weighted by atomic mass is 16.3. The maximum absolute atomic E-state index is 11.9. The molecule has 0 saturated heterocycles. The molecule has 1 aromatic rings. The number of aliphatic hydroxyl groups excluding tert-OH is 1. The van der Waals surface area contributed by atoms with Crippen LogP contribution >= 0.6 is 0 Å². The van der Waals surface area contributed by atoms with E-state index in [0.717, 1.165) is 0 Å². The number of hydrogen-bond donors (Lipinski definition) is 3. The molecule has 0 aliphatic carbocycles. The van der Waals surface area contributed by atoms with Gasteiger partial charge in [0.05, 0.1) is 12.6 Å². The average Bonchev–Trinajstić information content (AvgIpc) is 2.45. The Hall–Kier alpha value is -1.88. The van der Waals surface area contributed by atoms with Crippen molar-refractivity contribution < 1.29 is 14.7 Å². The summed E-state index contributed by atoms with van der Waals surface area (Å²) in [6, 6.07) is 8.38. The molecule has 5 nitrogen and oxygen atoms in total. The maximum atomic E-state index is 11.9. The van der Waals surface area contributed by atoms with Crippen molar-refractivity contribution in [1.82, 2.24) is 10.6 Å². The van der Waals surface area contributed by atoms with Crippen molar-refractivity contribution in [3.05, 3.63) is 35.9 Å². The van der Waals surface area contributed by atoms with Crippen LogP contribution in [0.15, 0.2) is 30.3 Å². The minimum absolute atomic E-state index is 0.0764. The minimum Gasteiger partial charge on any atom is -0.394 e. The van der Waals surface area contributed by atoms with Crippen molar-refractivity contribution in [2.24, 2.45) is 0 Å². The molecule has 0 aliphatic heterocycles. The van der Waals surface area contributed by atoms with Crippen LogP contribution in [-0.2, 0) is 4.79 Å². The first-order valence-electron chi connectivity index (χ1n) is 6.83. The molecule has 0 spiro atoms. The van der Waals surface area contributed by atoms with Gasteiger partial charge in [0.2, 0.25) is 5.91 Å². The molecule has 2 atom stereocenters. The van der Waals surface area contributed by atoms with Gasteiger partial charge >= 0.3 is 0 Å². The first-order valence-corrected chi connectivity index (χ1v) is 6.83. The van der Waals surface area contributed by atoms with E-state index >= 15 is 0 Å². The van der Waals surface area contributed by atoms with E-state index in [4.69, 9.17) is 5.11 Å². The molecule has 5 heteroatoms. The van der Waals surface area contributed by atoms with E-state index in [9.17, 15) is 9.59 Å². The summed E-state index contributed by atoms with van der Waals surface area (Å²) >= 11 is 0. The van der Waals surface area contributed by atoms with E-state index in [-0.39, 0.29) is 36.9 Å². The molecule has 0 bridgehead atoms. The van der Waals surface area contributed by atoms with Gasteiger partial charge in [-0.2, -0.15) is 0 Å². The number of carbonyl (C=O) groups is 2. The highest BCUT2D eigenvalue weighted by molar-refractivity contribution is 5.94. The molecule has 0 aliphatic rings. The Balaban J connectivity index is 2.41. The van der Waals surface area contributed by atoms with Crippen molar-refractivity contribution in [3.63, 3.8) is 0 Å². The topological polar surface area (TPSA) is 78.4 Å². The molecule has 0 radical (unpaired) electrons. The Kier molecular flexibility index (Phi) is 6.73. The van der Waals surface area contributed by atoms with Gasteiger partial charge in [-0.3, -0.25) is 9.59 Å². The van der Waals surface area contributed by atoms with Crippen LogP contribution in [0.5, 0.6) is 0 Å². The van der Waals surface area contributed by atoms with Gasteiger partial charge in [0.1, 0.15) is 0 Å². The number of amides is 2. The van der Waals surface area contributed by atoms with Gasteiger partial charge in [-0.15, -0.1) is 0 Å². The Morgan fingerprint density at radius 2 is 1.85 bits per heavy atom. The molecule has 0 fully saturated rings. The zero-order valence-corrected chi connectivity index (χ0v) is 11.9. The summed E-state index contributed by atoms with van der Waals surface area (Å²) in [5.41, 5.74) is 0.571. The minimum atomic E-state index is -0.265. The third kappa shape index (κ3) is 5.40. The van der Waals surface area contributed by atoms with Crippen LogP contribution in [0.2, 0.25) is 0 Å². The van der Waals surface area contributed by atoms with Crippen LogP contribution in [0.1, 0.15) is 37.0 Å². The molecule has 1 aromatic carbocycles. The van der Waals surface area contributed by atoms with E-state index in [2.05, 4.69) is 10.6 Å². The lowest BCUT2D eigenvalue weighted by Crippen LogP contribution is -2.41. The van der Waals surface area contributed by atoms with Crippen LogP contribution in [0.3, 0.4) is 0 Å². The van der Waals surface area contributed by atoms with Crippen LogP contribution in [0.25, 0.3) is 0 Å². The van der Waals surface area contributed by atoms with Crippen molar-refractivity contribution in [2.75, 3.05) is 6.61 Å². The summed E-state index contributed by atoms with van der Waals surface area (Å²) in [6.45, 7) is 3.59. The predicted octanol–water partition coefficient (Wildman–Crippen LogP) is 1.08. The standard InChI is InChI=1S/C15H22N2O3/c1-3-13(10-18)17-14(19)9-11(2)16-15(20)12-7-5-4-6-8-12/h4-8,11,13,18H,3,9-10H2,1-2H3,(H,16,20)(H,17,19). The normalized spacial score (nSPS) is 13.3. The first kappa shape index (κ1) is 16.2. The van der Waals surface area contributed by atoms with E-state index < -0.39 is 0 Å². The van der Waals surface area contributed by atoms with E-state index in [1.165, 1.54) is 0 Å². The summed E-state index contributed by atoms with van der Waals surface area (Å²) in [5.74, 6) is -0.369. The fraction of sp³-hybridized carbons (Fsp3) is 0.467. The van der Waals surface area contributed by atoms with Crippen LogP contribution in [-0.4, -0.2) is 35.6 Å². The van der Waals surface area contributed by atoms with Gasteiger partial charge < -0.3 is 15.7 Å². The lowest BCUT2D eigenvalue weighted by atomic mass is 10.1. The quantitative estimate of drug-likeness (QED) is 0.698. The van der Waals surface area contributed by atoms with Crippen molar-refractivity contribution >= 4 is 11.8 Å². The van der Waals surface area contributed by atoms with Gasteiger partial charge in [-0.05, 0) is 25.5 Å². The summed E-state index contributed by atoms with van der Waals surface area (Å²) in [5, 5.41) is 14.5. The number of nitrogens with one attached hydrogen (secondary N) is 2. The Bertz CT molecular complexity index is 430. The van der Waals surface area contributed by atoms with Crippen molar-refractivity contribution in [1.29, 1.82) is 0 Å². The summed E-state index contributed by atoms with van der Waals surface area (Å²) in [7, 11) is 0. The summed E-state index contributed by atoms with van der Waals surface area (Å²) in [4.78, 5) is 23.6. The average molecular weight is 278 g/mol. The second-order valence-corrected chi connectivity index (χ2v) is 4.80. The molecule has 0 saturated carbocycles. The lowest BCUT2D eigenvalue weighted by molar-refractivity contribution is -0.122. The molecule has 1 rings (SSSR count). The highest BCUT2D eigenvalue weighted by Gasteiger charge is 2.15. The molecule has 2 unspecified atom stereocenters. The number of hydrogen-bond acceptors (Lipinski definition) is 3. The Labute approximate surface area is 119 Å². The van der Waals surface area contributed by atoms with Crippen molar-refractivity contribution in [3.8, 4) is 0 Å². The van der Waals surface area contributed by atoms with Crippen LogP contribution in [0, 0.1) is 0 Å². The van der Waals surface area contributed by atoms with Gasteiger partial charge in [0.25, 0.3) is 5.91 Å².